The first-order chi connectivity index (χ1) is 17.0. The summed E-state index contributed by atoms with van der Waals surface area (Å²) in [6.07, 6.45) is 5.03. The first kappa shape index (κ1) is 24.2. The zero-order chi connectivity index (χ0) is 24.6. The van der Waals surface area contributed by atoms with E-state index in [-0.39, 0.29) is 30.0 Å². The summed E-state index contributed by atoms with van der Waals surface area (Å²) in [6.45, 7) is 1.30. The van der Waals surface area contributed by atoms with Gasteiger partial charge in [0.15, 0.2) is 11.5 Å². The van der Waals surface area contributed by atoms with Crippen LogP contribution < -0.4 is 14.8 Å². The van der Waals surface area contributed by atoms with Crippen LogP contribution in [0.3, 0.4) is 0 Å². The van der Waals surface area contributed by atoms with E-state index in [0.29, 0.717) is 43.3 Å². The van der Waals surface area contributed by atoms with Crippen molar-refractivity contribution in [1.82, 2.24) is 9.88 Å². The molecule has 2 amide bonds. The van der Waals surface area contributed by atoms with Crippen LogP contribution in [0.5, 0.6) is 11.5 Å². The molecule has 182 valence electrons. The van der Waals surface area contributed by atoms with E-state index < -0.39 is 0 Å². The molecule has 4 rings (SSSR count). The number of likely N-dealkylation sites (tertiary alicyclic amines) is 1. The number of benzene rings is 2. The number of hydrogen-bond donors (Lipinski definition) is 1. The number of piperidine rings is 1. The average Bonchev–Trinajstić information content (AvgIpc) is 2.89. The summed E-state index contributed by atoms with van der Waals surface area (Å²) in [4.78, 5) is 31.5. The molecule has 1 aliphatic rings. The summed E-state index contributed by atoms with van der Waals surface area (Å²) in [5.74, 6) is 0.221. The summed E-state index contributed by atoms with van der Waals surface area (Å²) >= 11 is 0. The van der Waals surface area contributed by atoms with Crippen LogP contribution in [-0.2, 0) is 22.6 Å². The van der Waals surface area contributed by atoms with Gasteiger partial charge < -0.3 is 19.7 Å². The maximum atomic E-state index is 13.1. The standard InChI is InChI=1S/C27H28FN3O4/c1-34-24-9-8-23(16-25(24)35-18-20-10-12-29-13-11-20)30-27(33)21-3-2-14-31(17-21)26(32)15-19-4-6-22(28)7-5-19/h4-13,16,21H,2-3,14-15,17-18H2,1H3,(H,30,33). The molecule has 1 aromatic heterocycles. The molecule has 2 aromatic carbocycles. The minimum atomic E-state index is -0.333. The Labute approximate surface area is 203 Å². The Kier molecular flexibility index (Phi) is 7.92. The number of aromatic nitrogens is 1. The molecule has 1 fully saturated rings. The van der Waals surface area contributed by atoms with Crippen LogP contribution in [0.2, 0.25) is 0 Å². The van der Waals surface area contributed by atoms with Crippen LogP contribution in [0, 0.1) is 11.7 Å². The van der Waals surface area contributed by atoms with Crippen LogP contribution in [0.15, 0.2) is 67.0 Å². The Morgan fingerprint density at radius 2 is 1.83 bits per heavy atom. The van der Waals surface area contributed by atoms with Gasteiger partial charge in [-0.2, -0.15) is 0 Å². The fourth-order valence-electron chi connectivity index (χ4n) is 4.06. The quantitative estimate of drug-likeness (QED) is 0.525. The molecule has 7 nitrogen and oxygen atoms in total. The van der Waals surface area contributed by atoms with Crippen molar-refractivity contribution in [1.29, 1.82) is 0 Å². The Morgan fingerprint density at radius 1 is 1.06 bits per heavy atom. The molecule has 1 saturated heterocycles. The highest BCUT2D eigenvalue weighted by Gasteiger charge is 2.28. The van der Waals surface area contributed by atoms with Crippen molar-refractivity contribution < 1.29 is 23.5 Å². The number of rotatable bonds is 8. The number of methoxy groups -OCH3 is 1. The summed E-state index contributed by atoms with van der Waals surface area (Å²) in [5.41, 5.74) is 2.31. The third-order valence-corrected chi connectivity index (χ3v) is 5.99. The van der Waals surface area contributed by atoms with Crippen molar-refractivity contribution in [2.45, 2.75) is 25.9 Å². The maximum Gasteiger partial charge on any atom is 0.229 e. The minimum Gasteiger partial charge on any atom is -0.493 e. The fraction of sp³-hybridized carbons (Fsp3) is 0.296. The Morgan fingerprint density at radius 3 is 2.57 bits per heavy atom. The topological polar surface area (TPSA) is 80.8 Å². The van der Waals surface area contributed by atoms with E-state index in [0.717, 1.165) is 17.5 Å². The summed E-state index contributed by atoms with van der Waals surface area (Å²) in [7, 11) is 1.56. The number of nitrogens with zero attached hydrogens (tertiary/aromatic N) is 2. The second-order valence-electron chi connectivity index (χ2n) is 8.48. The van der Waals surface area contributed by atoms with Gasteiger partial charge in [0.1, 0.15) is 12.4 Å². The molecular weight excluding hydrogens is 449 g/mol. The van der Waals surface area contributed by atoms with Gasteiger partial charge in [-0.25, -0.2) is 4.39 Å². The van der Waals surface area contributed by atoms with E-state index in [1.807, 2.05) is 12.1 Å². The maximum absolute atomic E-state index is 13.1. The second-order valence-corrected chi connectivity index (χ2v) is 8.48. The van der Waals surface area contributed by atoms with Crippen LogP contribution in [-0.4, -0.2) is 41.9 Å². The highest BCUT2D eigenvalue weighted by atomic mass is 19.1. The Hall–Kier alpha value is -3.94. The lowest BCUT2D eigenvalue weighted by Gasteiger charge is -2.32. The third kappa shape index (κ3) is 6.56. The average molecular weight is 478 g/mol. The van der Waals surface area contributed by atoms with E-state index in [2.05, 4.69) is 10.3 Å². The largest absolute Gasteiger partial charge is 0.493 e. The molecular formula is C27H28FN3O4. The number of amides is 2. The van der Waals surface area contributed by atoms with Crippen molar-refractivity contribution in [2.75, 3.05) is 25.5 Å². The SMILES string of the molecule is COc1ccc(NC(=O)C2CCCN(C(=O)Cc3ccc(F)cc3)C2)cc1OCc1ccncc1. The number of carbonyl (C=O) groups is 2. The van der Waals surface area contributed by atoms with Gasteiger partial charge in [-0.3, -0.25) is 14.6 Å². The first-order valence-corrected chi connectivity index (χ1v) is 11.5. The van der Waals surface area contributed by atoms with E-state index in [4.69, 9.17) is 9.47 Å². The number of nitrogens with one attached hydrogen (secondary N) is 1. The van der Waals surface area contributed by atoms with Crippen molar-refractivity contribution in [3.05, 3.63) is 83.9 Å². The van der Waals surface area contributed by atoms with Gasteiger partial charge in [-0.1, -0.05) is 12.1 Å². The van der Waals surface area contributed by atoms with E-state index in [1.54, 1.807) is 54.7 Å². The molecule has 0 radical (unpaired) electrons. The van der Waals surface area contributed by atoms with E-state index >= 15 is 0 Å². The number of carbonyl (C=O) groups excluding carboxylic acids is 2. The lowest BCUT2D eigenvalue weighted by molar-refractivity contribution is -0.133. The van der Waals surface area contributed by atoms with E-state index in [9.17, 15) is 14.0 Å². The van der Waals surface area contributed by atoms with Gasteiger partial charge in [0.25, 0.3) is 0 Å². The molecule has 0 saturated carbocycles. The zero-order valence-electron chi connectivity index (χ0n) is 19.6. The highest BCUT2D eigenvalue weighted by molar-refractivity contribution is 5.93. The normalized spacial score (nSPS) is 15.4. The highest BCUT2D eigenvalue weighted by Crippen LogP contribution is 2.31. The van der Waals surface area contributed by atoms with Crippen LogP contribution in [0.25, 0.3) is 0 Å². The van der Waals surface area contributed by atoms with Gasteiger partial charge in [0.05, 0.1) is 19.4 Å². The van der Waals surface area contributed by atoms with Crippen LogP contribution >= 0.6 is 0 Å². The smallest absolute Gasteiger partial charge is 0.229 e. The lowest BCUT2D eigenvalue weighted by atomic mass is 9.96. The van der Waals surface area contributed by atoms with Gasteiger partial charge in [0.2, 0.25) is 11.8 Å². The molecule has 0 spiro atoms. The number of anilines is 1. The molecule has 0 bridgehead atoms. The monoisotopic (exact) mass is 477 g/mol. The van der Waals surface area contributed by atoms with E-state index in [1.165, 1.54) is 12.1 Å². The summed E-state index contributed by atoms with van der Waals surface area (Å²) in [5, 5.41) is 2.95. The van der Waals surface area contributed by atoms with Crippen molar-refractivity contribution in [3.8, 4) is 11.5 Å². The van der Waals surface area contributed by atoms with Gasteiger partial charge >= 0.3 is 0 Å². The molecule has 0 aliphatic carbocycles. The molecule has 2 heterocycles. The number of halogens is 1. The van der Waals surface area contributed by atoms with Crippen molar-refractivity contribution in [3.63, 3.8) is 0 Å². The van der Waals surface area contributed by atoms with Crippen molar-refractivity contribution >= 4 is 17.5 Å². The zero-order valence-corrected chi connectivity index (χ0v) is 19.6. The predicted molar refractivity (Wildman–Crippen MR) is 130 cm³/mol. The molecule has 1 unspecified atom stereocenters. The third-order valence-electron chi connectivity index (χ3n) is 5.99. The van der Waals surface area contributed by atoms with Crippen LogP contribution in [0.4, 0.5) is 10.1 Å². The lowest BCUT2D eigenvalue weighted by Crippen LogP contribution is -2.44. The summed E-state index contributed by atoms with van der Waals surface area (Å²) < 4.78 is 24.4. The molecule has 8 heteroatoms. The number of pyridine rings is 1. The second kappa shape index (κ2) is 11.5. The molecule has 1 N–H and O–H groups in total. The Bertz CT molecular complexity index is 1150. The van der Waals surface area contributed by atoms with Gasteiger partial charge in [-0.15, -0.1) is 0 Å². The van der Waals surface area contributed by atoms with Crippen LogP contribution in [0.1, 0.15) is 24.0 Å². The number of hydrogen-bond acceptors (Lipinski definition) is 5. The Balaban J connectivity index is 1.36. The molecule has 35 heavy (non-hydrogen) atoms. The predicted octanol–water partition coefficient (Wildman–Crippen LogP) is 4.23. The minimum absolute atomic E-state index is 0.0645. The molecule has 3 aromatic rings. The number of ether oxygens (including phenoxy) is 2. The van der Waals surface area contributed by atoms with Gasteiger partial charge in [0, 0.05) is 37.2 Å². The van der Waals surface area contributed by atoms with Gasteiger partial charge in [-0.05, 0) is 60.4 Å². The fourth-order valence-corrected chi connectivity index (χ4v) is 4.06. The first-order valence-electron chi connectivity index (χ1n) is 11.5. The summed E-state index contributed by atoms with van der Waals surface area (Å²) in [6, 6.07) is 14.9. The molecule has 1 aliphatic heterocycles. The molecule has 1 atom stereocenters. The van der Waals surface area contributed by atoms with Crippen molar-refractivity contribution in [2.24, 2.45) is 5.92 Å².